The molecule has 1 rings (SSSR count). The lowest BCUT2D eigenvalue weighted by molar-refractivity contribution is -0.163. The van der Waals surface area contributed by atoms with E-state index >= 15 is 0 Å². The van der Waals surface area contributed by atoms with Crippen molar-refractivity contribution in [2.24, 2.45) is 0 Å². The molecule has 0 amide bonds. The van der Waals surface area contributed by atoms with Crippen molar-refractivity contribution >= 4 is 14.3 Å². The van der Waals surface area contributed by atoms with Crippen molar-refractivity contribution in [3.05, 3.63) is 35.4 Å². The molecule has 0 bridgehead atoms. The number of benzene rings is 1. The first kappa shape index (κ1) is 14.9. The molecule has 0 aliphatic carbocycles. The number of carbonyl (C=O) groups excluding carboxylic acids is 1. The summed E-state index contributed by atoms with van der Waals surface area (Å²) < 4.78 is 5.45. The first-order chi connectivity index (χ1) is 8.15. The van der Waals surface area contributed by atoms with E-state index < -0.39 is 14.3 Å². The van der Waals surface area contributed by atoms with Crippen LogP contribution in [0.2, 0.25) is 18.1 Å². The van der Waals surface area contributed by atoms with E-state index in [2.05, 4.69) is 20.8 Å². The number of hydrogen-bond acceptors (Lipinski definition) is 3. The van der Waals surface area contributed by atoms with Crippen LogP contribution in [0, 0.1) is 6.92 Å². The molecular weight excluding hydrogens is 244 g/mol. The third-order valence-electron chi connectivity index (χ3n) is 3.50. The Balaban J connectivity index is 2.71. The van der Waals surface area contributed by atoms with Crippen molar-refractivity contribution < 1.29 is 14.3 Å². The number of rotatable bonds is 3. The predicted molar refractivity (Wildman–Crippen MR) is 74.9 cm³/mol. The van der Waals surface area contributed by atoms with Crippen LogP contribution >= 0.6 is 0 Å². The SMILES string of the molecule is Cc1ccccc1C(=O)OO[Si](C)(C)C(C)(C)C. The van der Waals surface area contributed by atoms with Gasteiger partial charge in [-0.25, -0.2) is 9.37 Å². The smallest absolute Gasteiger partial charge is 0.305 e. The molecule has 0 saturated carbocycles. The molecule has 0 aliphatic heterocycles. The van der Waals surface area contributed by atoms with E-state index in [0.29, 0.717) is 5.56 Å². The van der Waals surface area contributed by atoms with Crippen molar-refractivity contribution in [3.8, 4) is 0 Å². The van der Waals surface area contributed by atoms with E-state index in [4.69, 9.17) is 9.46 Å². The lowest BCUT2D eigenvalue weighted by atomic mass is 10.1. The maximum absolute atomic E-state index is 11.9. The summed E-state index contributed by atoms with van der Waals surface area (Å²) in [6, 6.07) is 7.33. The van der Waals surface area contributed by atoms with Gasteiger partial charge in [0.25, 0.3) is 8.32 Å². The Morgan fingerprint density at radius 2 is 1.72 bits per heavy atom. The van der Waals surface area contributed by atoms with Crippen LogP contribution in [-0.2, 0) is 9.46 Å². The van der Waals surface area contributed by atoms with Crippen LogP contribution in [0.3, 0.4) is 0 Å². The van der Waals surface area contributed by atoms with Gasteiger partial charge in [-0.05, 0) is 36.7 Å². The van der Waals surface area contributed by atoms with Gasteiger partial charge in [0, 0.05) is 0 Å². The fourth-order valence-electron chi connectivity index (χ4n) is 1.11. The zero-order valence-corrected chi connectivity index (χ0v) is 13.0. The summed E-state index contributed by atoms with van der Waals surface area (Å²) in [7, 11) is -2.06. The highest BCUT2D eigenvalue weighted by molar-refractivity contribution is 6.73. The summed E-state index contributed by atoms with van der Waals surface area (Å²) >= 11 is 0. The Bertz CT molecular complexity index is 433. The highest BCUT2D eigenvalue weighted by atomic mass is 28.4. The zero-order chi connectivity index (χ0) is 14.0. The monoisotopic (exact) mass is 266 g/mol. The lowest BCUT2D eigenvalue weighted by Crippen LogP contribution is -2.41. The minimum Gasteiger partial charge on any atom is -0.305 e. The van der Waals surface area contributed by atoms with E-state index in [1.165, 1.54) is 0 Å². The van der Waals surface area contributed by atoms with Gasteiger partial charge in [-0.2, -0.15) is 0 Å². The molecule has 4 heteroatoms. The normalized spacial score (nSPS) is 12.3. The van der Waals surface area contributed by atoms with Gasteiger partial charge in [0.15, 0.2) is 0 Å². The van der Waals surface area contributed by atoms with E-state index in [1.807, 2.05) is 38.2 Å². The summed E-state index contributed by atoms with van der Waals surface area (Å²) in [6.07, 6.45) is 0. The van der Waals surface area contributed by atoms with Gasteiger partial charge in [0.1, 0.15) is 0 Å². The van der Waals surface area contributed by atoms with Gasteiger partial charge in [0.05, 0.1) is 5.56 Å². The summed E-state index contributed by atoms with van der Waals surface area (Å²) in [5, 5.41) is 0.0129. The minimum atomic E-state index is -2.06. The van der Waals surface area contributed by atoms with Gasteiger partial charge in [-0.15, -0.1) is 0 Å². The average Bonchev–Trinajstić information content (AvgIpc) is 2.25. The highest BCUT2D eigenvalue weighted by Gasteiger charge is 2.40. The second-order valence-corrected chi connectivity index (χ2v) is 10.7. The third-order valence-corrected chi connectivity index (χ3v) is 7.61. The van der Waals surface area contributed by atoms with Crippen LogP contribution in [-0.4, -0.2) is 14.3 Å². The molecule has 100 valence electrons. The molecular formula is C14H22O3Si. The summed E-state index contributed by atoms with van der Waals surface area (Å²) in [5.74, 6) is -0.419. The molecule has 18 heavy (non-hydrogen) atoms. The molecule has 0 heterocycles. The van der Waals surface area contributed by atoms with Gasteiger partial charge in [0.2, 0.25) is 0 Å². The molecule has 0 N–H and O–H groups in total. The molecule has 0 radical (unpaired) electrons. The number of hydrogen-bond donors (Lipinski definition) is 0. The number of carbonyl (C=O) groups is 1. The molecule has 1 aromatic carbocycles. The van der Waals surface area contributed by atoms with E-state index in [0.717, 1.165) is 5.56 Å². The Labute approximate surface area is 110 Å². The fourth-order valence-corrected chi connectivity index (χ4v) is 1.65. The van der Waals surface area contributed by atoms with Crippen LogP contribution < -0.4 is 0 Å². The predicted octanol–water partition coefficient (Wildman–Crippen LogP) is 4.09. The Hall–Kier alpha value is -1.13. The van der Waals surface area contributed by atoms with Crippen LogP contribution in [0.5, 0.6) is 0 Å². The largest absolute Gasteiger partial charge is 0.371 e. The second-order valence-electron chi connectivity index (χ2n) is 6.03. The maximum Gasteiger partial charge on any atom is 0.371 e. The molecule has 0 aliphatic rings. The minimum absolute atomic E-state index is 0.0129. The molecule has 0 atom stereocenters. The van der Waals surface area contributed by atoms with Crippen molar-refractivity contribution in [2.45, 2.75) is 45.8 Å². The highest BCUT2D eigenvalue weighted by Crippen LogP contribution is 2.36. The van der Waals surface area contributed by atoms with E-state index in [-0.39, 0.29) is 5.04 Å². The Kier molecular flexibility index (Phi) is 4.35. The van der Waals surface area contributed by atoms with Gasteiger partial charge in [-0.1, -0.05) is 39.0 Å². The number of aryl methyl sites for hydroxylation is 1. The summed E-state index contributed by atoms with van der Waals surface area (Å²) in [6.45, 7) is 12.3. The van der Waals surface area contributed by atoms with Gasteiger partial charge < -0.3 is 4.89 Å². The van der Waals surface area contributed by atoms with E-state index in [9.17, 15) is 4.79 Å². The summed E-state index contributed by atoms with van der Waals surface area (Å²) in [4.78, 5) is 16.9. The average molecular weight is 266 g/mol. The van der Waals surface area contributed by atoms with Crippen LogP contribution in [0.15, 0.2) is 24.3 Å². The molecule has 0 unspecified atom stereocenters. The first-order valence-corrected chi connectivity index (χ1v) is 9.01. The van der Waals surface area contributed by atoms with Crippen LogP contribution in [0.1, 0.15) is 36.7 Å². The lowest BCUT2D eigenvalue weighted by Gasteiger charge is -2.33. The van der Waals surface area contributed by atoms with E-state index in [1.54, 1.807) is 6.07 Å². The van der Waals surface area contributed by atoms with Gasteiger partial charge >= 0.3 is 5.97 Å². The maximum atomic E-state index is 11.9. The van der Waals surface area contributed by atoms with Crippen molar-refractivity contribution in [1.82, 2.24) is 0 Å². The van der Waals surface area contributed by atoms with Crippen molar-refractivity contribution in [1.29, 1.82) is 0 Å². The summed E-state index contributed by atoms with van der Waals surface area (Å²) in [5.41, 5.74) is 1.44. The van der Waals surface area contributed by atoms with Gasteiger partial charge in [-0.3, -0.25) is 0 Å². The molecule has 0 fully saturated rings. The fraction of sp³-hybridized carbons (Fsp3) is 0.500. The van der Waals surface area contributed by atoms with Crippen molar-refractivity contribution in [2.75, 3.05) is 0 Å². The van der Waals surface area contributed by atoms with Crippen LogP contribution in [0.4, 0.5) is 0 Å². The molecule has 0 aromatic heterocycles. The van der Waals surface area contributed by atoms with Crippen molar-refractivity contribution in [3.63, 3.8) is 0 Å². The third kappa shape index (κ3) is 3.43. The zero-order valence-electron chi connectivity index (χ0n) is 12.0. The van der Waals surface area contributed by atoms with Crippen LogP contribution in [0.25, 0.3) is 0 Å². The molecule has 3 nitrogen and oxygen atoms in total. The Morgan fingerprint density at radius 1 is 1.17 bits per heavy atom. The Morgan fingerprint density at radius 3 is 2.22 bits per heavy atom. The topological polar surface area (TPSA) is 35.5 Å². The standard InChI is InChI=1S/C14H22O3Si/c1-11-9-7-8-10-12(11)13(15)16-17-18(5,6)14(2,3)4/h7-10H,1-6H3. The first-order valence-electron chi connectivity index (χ1n) is 6.11. The second kappa shape index (κ2) is 5.24. The molecule has 0 saturated heterocycles. The quantitative estimate of drug-likeness (QED) is 0.469. The molecule has 1 aromatic rings. The molecule has 0 spiro atoms.